The molecule has 0 amide bonds. The van der Waals surface area contributed by atoms with E-state index in [2.05, 4.69) is 40.0 Å². The van der Waals surface area contributed by atoms with Crippen LogP contribution in [0.4, 0.5) is 0 Å². The van der Waals surface area contributed by atoms with E-state index in [4.69, 9.17) is 0 Å². The highest BCUT2D eigenvalue weighted by atomic mass is 15.3. The third-order valence-electron chi connectivity index (χ3n) is 2.20. The first-order valence-corrected chi connectivity index (χ1v) is 4.94. The predicted octanol–water partition coefficient (Wildman–Crippen LogP) is 1.42. The maximum Gasteiger partial charge on any atom is 0.0794 e. The summed E-state index contributed by atoms with van der Waals surface area (Å²) >= 11 is 0. The van der Waals surface area contributed by atoms with Gasteiger partial charge in [-0.05, 0) is 20.5 Å². The van der Waals surface area contributed by atoms with Crippen molar-refractivity contribution in [3.63, 3.8) is 0 Å². The number of quaternary nitrogens is 1. The summed E-state index contributed by atoms with van der Waals surface area (Å²) in [6, 6.07) is 0. The molecular weight excluding hydrogens is 148 g/mol. The van der Waals surface area contributed by atoms with E-state index in [0.29, 0.717) is 0 Å². The minimum Gasteiger partial charge on any atom is -0.328 e. The summed E-state index contributed by atoms with van der Waals surface area (Å²) in [5, 5.41) is 0. The second-order valence-corrected chi connectivity index (χ2v) is 4.54. The SMILES string of the molecule is CCC[N+](C)(C)CCCN(C)C. The molecule has 0 radical (unpaired) electrons. The van der Waals surface area contributed by atoms with E-state index in [9.17, 15) is 0 Å². The van der Waals surface area contributed by atoms with Gasteiger partial charge in [-0.25, -0.2) is 0 Å². The Bertz CT molecular complexity index is 108. The third kappa shape index (κ3) is 6.62. The molecule has 74 valence electrons. The standard InChI is InChI=1S/C10H25N2/c1-6-9-12(4,5)10-7-8-11(2)3/h6-10H2,1-5H3/q+1. The van der Waals surface area contributed by atoms with Gasteiger partial charge in [-0.15, -0.1) is 0 Å². The molecule has 0 bridgehead atoms. The molecule has 0 unspecified atom stereocenters. The largest absolute Gasteiger partial charge is 0.328 e. The van der Waals surface area contributed by atoms with E-state index in [1.165, 1.54) is 37.0 Å². The molecular formula is C10H25N2+. The van der Waals surface area contributed by atoms with Crippen LogP contribution in [0.5, 0.6) is 0 Å². The molecule has 0 atom stereocenters. The molecule has 0 saturated heterocycles. The van der Waals surface area contributed by atoms with Gasteiger partial charge in [0.2, 0.25) is 0 Å². The highest BCUT2D eigenvalue weighted by molar-refractivity contribution is 4.43. The van der Waals surface area contributed by atoms with Crippen molar-refractivity contribution in [2.24, 2.45) is 0 Å². The lowest BCUT2D eigenvalue weighted by molar-refractivity contribution is -0.890. The molecule has 0 aromatic heterocycles. The molecule has 0 rings (SSSR count). The Morgan fingerprint density at radius 2 is 1.67 bits per heavy atom. The molecule has 0 aliphatic rings. The molecule has 12 heavy (non-hydrogen) atoms. The van der Waals surface area contributed by atoms with E-state index in [1.54, 1.807) is 0 Å². The maximum absolute atomic E-state index is 2.32. The Balaban J connectivity index is 3.46. The molecule has 0 fully saturated rings. The molecule has 0 spiro atoms. The van der Waals surface area contributed by atoms with Crippen molar-refractivity contribution in [3.8, 4) is 0 Å². The highest BCUT2D eigenvalue weighted by Gasteiger charge is 2.12. The first-order chi connectivity index (χ1) is 5.48. The van der Waals surface area contributed by atoms with Gasteiger partial charge in [0.25, 0.3) is 0 Å². The minimum atomic E-state index is 1.17. The van der Waals surface area contributed by atoms with Gasteiger partial charge in [0.1, 0.15) is 0 Å². The summed E-state index contributed by atoms with van der Waals surface area (Å²) in [4.78, 5) is 2.26. The van der Waals surface area contributed by atoms with Crippen molar-refractivity contribution in [1.29, 1.82) is 0 Å². The molecule has 2 nitrogen and oxygen atoms in total. The fourth-order valence-electron chi connectivity index (χ4n) is 1.53. The summed E-state index contributed by atoms with van der Waals surface area (Å²) in [6.07, 6.45) is 2.59. The topological polar surface area (TPSA) is 3.24 Å². The summed E-state index contributed by atoms with van der Waals surface area (Å²) in [7, 11) is 8.91. The molecule has 0 N–H and O–H groups in total. The molecule has 0 heterocycles. The fraction of sp³-hybridized carbons (Fsp3) is 1.00. The average molecular weight is 173 g/mol. The quantitative estimate of drug-likeness (QED) is 0.549. The lowest BCUT2D eigenvalue weighted by atomic mass is 10.3. The Hall–Kier alpha value is -0.0800. The van der Waals surface area contributed by atoms with Gasteiger partial charge in [0.05, 0.1) is 27.2 Å². The van der Waals surface area contributed by atoms with Crippen molar-refractivity contribution in [2.45, 2.75) is 19.8 Å². The van der Waals surface area contributed by atoms with Gasteiger partial charge >= 0.3 is 0 Å². The zero-order chi connectivity index (χ0) is 9.61. The third-order valence-corrected chi connectivity index (χ3v) is 2.20. The lowest BCUT2D eigenvalue weighted by Crippen LogP contribution is -2.41. The smallest absolute Gasteiger partial charge is 0.0794 e. The highest BCUT2D eigenvalue weighted by Crippen LogP contribution is 2.00. The van der Waals surface area contributed by atoms with Crippen molar-refractivity contribution in [3.05, 3.63) is 0 Å². The Morgan fingerprint density at radius 3 is 2.08 bits per heavy atom. The van der Waals surface area contributed by atoms with Crippen LogP contribution >= 0.6 is 0 Å². The normalized spacial score (nSPS) is 12.5. The Kier molecular flexibility index (Phi) is 5.51. The average Bonchev–Trinajstić information content (AvgIpc) is 1.85. The monoisotopic (exact) mass is 173 g/mol. The van der Waals surface area contributed by atoms with Gasteiger partial charge in [-0.1, -0.05) is 6.92 Å². The Morgan fingerprint density at radius 1 is 1.08 bits per heavy atom. The number of nitrogens with zero attached hydrogens (tertiary/aromatic N) is 2. The zero-order valence-electron chi connectivity index (χ0n) is 9.43. The maximum atomic E-state index is 2.32. The summed E-state index contributed by atoms with van der Waals surface area (Å²) in [6.45, 7) is 6.07. The van der Waals surface area contributed by atoms with E-state index in [-0.39, 0.29) is 0 Å². The summed E-state index contributed by atoms with van der Waals surface area (Å²) in [5.74, 6) is 0. The zero-order valence-corrected chi connectivity index (χ0v) is 9.43. The van der Waals surface area contributed by atoms with Crippen molar-refractivity contribution in [2.75, 3.05) is 47.8 Å². The summed E-state index contributed by atoms with van der Waals surface area (Å²) in [5.41, 5.74) is 0. The number of hydrogen-bond acceptors (Lipinski definition) is 1. The van der Waals surface area contributed by atoms with E-state index in [0.717, 1.165) is 0 Å². The van der Waals surface area contributed by atoms with Gasteiger partial charge in [0, 0.05) is 13.0 Å². The van der Waals surface area contributed by atoms with Crippen molar-refractivity contribution >= 4 is 0 Å². The van der Waals surface area contributed by atoms with Crippen molar-refractivity contribution < 1.29 is 4.48 Å². The number of rotatable bonds is 6. The molecule has 0 aromatic carbocycles. The molecule has 2 heteroatoms. The van der Waals surface area contributed by atoms with Gasteiger partial charge < -0.3 is 9.38 Å². The van der Waals surface area contributed by atoms with Gasteiger partial charge in [0.15, 0.2) is 0 Å². The Labute approximate surface area is 77.8 Å². The minimum absolute atomic E-state index is 1.17. The van der Waals surface area contributed by atoms with Crippen LogP contribution in [0.2, 0.25) is 0 Å². The van der Waals surface area contributed by atoms with Crippen LogP contribution in [-0.4, -0.2) is 57.2 Å². The molecule has 0 aliphatic carbocycles. The fourth-order valence-corrected chi connectivity index (χ4v) is 1.53. The van der Waals surface area contributed by atoms with Crippen LogP contribution in [0, 0.1) is 0 Å². The lowest BCUT2D eigenvalue weighted by Gasteiger charge is -2.29. The molecule has 0 saturated carbocycles. The predicted molar refractivity (Wildman–Crippen MR) is 55.3 cm³/mol. The van der Waals surface area contributed by atoms with E-state index >= 15 is 0 Å². The second-order valence-electron chi connectivity index (χ2n) is 4.54. The van der Waals surface area contributed by atoms with Crippen LogP contribution < -0.4 is 0 Å². The second kappa shape index (κ2) is 5.55. The first kappa shape index (κ1) is 11.9. The van der Waals surface area contributed by atoms with Gasteiger partial charge in [-0.2, -0.15) is 0 Å². The molecule has 0 aliphatic heterocycles. The van der Waals surface area contributed by atoms with Crippen LogP contribution in [0.15, 0.2) is 0 Å². The van der Waals surface area contributed by atoms with Crippen LogP contribution in [-0.2, 0) is 0 Å². The number of hydrogen-bond donors (Lipinski definition) is 0. The van der Waals surface area contributed by atoms with E-state index in [1.807, 2.05) is 0 Å². The summed E-state index contributed by atoms with van der Waals surface area (Å²) < 4.78 is 1.17. The van der Waals surface area contributed by atoms with Crippen LogP contribution in [0.25, 0.3) is 0 Å². The van der Waals surface area contributed by atoms with Crippen molar-refractivity contribution in [1.82, 2.24) is 4.90 Å². The van der Waals surface area contributed by atoms with Crippen LogP contribution in [0.3, 0.4) is 0 Å². The van der Waals surface area contributed by atoms with E-state index < -0.39 is 0 Å². The van der Waals surface area contributed by atoms with Crippen LogP contribution in [0.1, 0.15) is 19.8 Å². The first-order valence-electron chi connectivity index (χ1n) is 4.94. The molecule has 0 aromatic rings. The van der Waals surface area contributed by atoms with Gasteiger partial charge in [-0.3, -0.25) is 0 Å².